The molecule has 2 rings (SSSR count). The molecule has 3 N–H and O–H groups in total. The standard InChI is InChI=1S/C33H46N2O2S2/c1-8-12-13-30(34)38-29-21-26(15-14-25(29)7)22-31(36)35-33(24(6)11-4)39-32(23(5)10-3)27-16-18-28(19-17-27)37-20-9-2/h13-19,21H,8-12,20,22,34H2,1-7H3,(H,35,36)/b30-13+,32-23?,33-24?. The van der Waals surface area contributed by atoms with Crippen LogP contribution in [0.15, 0.2) is 74.6 Å². The Labute approximate surface area is 244 Å². The van der Waals surface area contributed by atoms with E-state index in [1.54, 1.807) is 23.5 Å². The molecular weight excluding hydrogens is 521 g/mol. The minimum Gasteiger partial charge on any atom is -0.494 e. The number of hydrogen-bond acceptors (Lipinski definition) is 5. The Morgan fingerprint density at radius 2 is 1.67 bits per heavy atom. The molecule has 212 valence electrons. The Morgan fingerprint density at radius 1 is 0.974 bits per heavy atom. The summed E-state index contributed by atoms with van der Waals surface area (Å²) < 4.78 is 5.78. The maximum atomic E-state index is 13.3. The predicted molar refractivity (Wildman–Crippen MR) is 172 cm³/mol. The Kier molecular flexibility index (Phi) is 14.4. The van der Waals surface area contributed by atoms with Crippen LogP contribution in [0, 0.1) is 6.92 Å². The Bertz CT molecular complexity index is 1180. The van der Waals surface area contributed by atoms with Crippen LogP contribution in [0.5, 0.6) is 5.75 Å². The average molecular weight is 567 g/mol. The number of amides is 1. The number of thioether (sulfide) groups is 2. The van der Waals surface area contributed by atoms with Crippen molar-refractivity contribution in [2.75, 3.05) is 6.61 Å². The van der Waals surface area contributed by atoms with Crippen LogP contribution in [0.4, 0.5) is 0 Å². The number of unbranched alkanes of at least 4 members (excludes halogenated alkanes) is 1. The highest BCUT2D eigenvalue weighted by Crippen LogP contribution is 2.38. The lowest BCUT2D eigenvalue weighted by Crippen LogP contribution is -2.24. The smallest absolute Gasteiger partial charge is 0.229 e. The van der Waals surface area contributed by atoms with Crippen molar-refractivity contribution in [2.45, 2.75) is 91.9 Å². The minimum absolute atomic E-state index is 0.0172. The van der Waals surface area contributed by atoms with Crippen molar-refractivity contribution < 1.29 is 9.53 Å². The lowest BCUT2D eigenvalue weighted by Gasteiger charge is -2.18. The largest absolute Gasteiger partial charge is 0.494 e. The van der Waals surface area contributed by atoms with E-state index in [9.17, 15) is 4.79 Å². The van der Waals surface area contributed by atoms with E-state index in [1.807, 2.05) is 18.2 Å². The lowest BCUT2D eigenvalue weighted by atomic mass is 10.1. The first-order chi connectivity index (χ1) is 18.7. The number of benzene rings is 2. The van der Waals surface area contributed by atoms with Gasteiger partial charge in [0.1, 0.15) is 5.75 Å². The zero-order chi connectivity index (χ0) is 28.8. The van der Waals surface area contributed by atoms with Gasteiger partial charge in [-0.05, 0) is 86.9 Å². The normalized spacial score (nSPS) is 13.1. The van der Waals surface area contributed by atoms with Gasteiger partial charge in [0, 0.05) is 9.80 Å². The van der Waals surface area contributed by atoms with E-state index >= 15 is 0 Å². The van der Waals surface area contributed by atoms with Crippen LogP contribution in [0.2, 0.25) is 0 Å². The molecule has 0 spiro atoms. The van der Waals surface area contributed by atoms with Crippen molar-refractivity contribution in [3.63, 3.8) is 0 Å². The fourth-order valence-corrected chi connectivity index (χ4v) is 5.79. The SMILES string of the molecule is CCC/C=C(\N)Sc1cc(CC(=O)NC(SC(=C(C)CC)c2ccc(OCCC)cc2)=C(C)CC)ccc1C. The van der Waals surface area contributed by atoms with E-state index in [1.165, 1.54) is 10.5 Å². The fourth-order valence-electron chi connectivity index (χ4n) is 3.63. The highest BCUT2D eigenvalue weighted by molar-refractivity contribution is 8.11. The molecule has 0 aliphatic heterocycles. The van der Waals surface area contributed by atoms with Gasteiger partial charge in [-0.1, -0.05) is 93.6 Å². The molecule has 0 unspecified atom stereocenters. The molecule has 0 bridgehead atoms. The average Bonchev–Trinajstić information content (AvgIpc) is 2.94. The van der Waals surface area contributed by atoms with Gasteiger partial charge in [0.15, 0.2) is 0 Å². The molecule has 39 heavy (non-hydrogen) atoms. The quantitative estimate of drug-likeness (QED) is 0.210. The summed E-state index contributed by atoms with van der Waals surface area (Å²) in [6, 6.07) is 14.5. The van der Waals surface area contributed by atoms with Gasteiger partial charge in [-0.2, -0.15) is 0 Å². The van der Waals surface area contributed by atoms with Crippen molar-refractivity contribution in [1.29, 1.82) is 0 Å². The van der Waals surface area contributed by atoms with E-state index < -0.39 is 0 Å². The number of aryl methyl sites for hydroxylation is 1. The minimum atomic E-state index is -0.0172. The number of carbonyl (C=O) groups excluding carboxylic acids is 1. The summed E-state index contributed by atoms with van der Waals surface area (Å²) >= 11 is 3.22. The molecule has 2 aromatic rings. The van der Waals surface area contributed by atoms with Gasteiger partial charge in [0.2, 0.25) is 5.91 Å². The Balaban J connectivity index is 2.23. The Hall–Kier alpha value is -2.57. The van der Waals surface area contributed by atoms with Crippen LogP contribution in [0.1, 0.15) is 90.3 Å². The maximum Gasteiger partial charge on any atom is 0.229 e. The van der Waals surface area contributed by atoms with Gasteiger partial charge >= 0.3 is 0 Å². The van der Waals surface area contributed by atoms with Crippen molar-refractivity contribution in [3.8, 4) is 5.75 Å². The van der Waals surface area contributed by atoms with Crippen molar-refractivity contribution in [2.24, 2.45) is 5.73 Å². The van der Waals surface area contributed by atoms with Crippen LogP contribution in [-0.4, -0.2) is 12.5 Å². The molecule has 6 heteroatoms. The number of allylic oxidation sites excluding steroid dienone is 3. The molecule has 0 radical (unpaired) electrons. The van der Waals surface area contributed by atoms with Crippen molar-refractivity contribution in [1.82, 2.24) is 5.32 Å². The van der Waals surface area contributed by atoms with E-state index in [0.29, 0.717) is 13.0 Å². The summed E-state index contributed by atoms with van der Waals surface area (Å²) in [6.07, 6.45) is 7.19. The molecule has 4 nitrogen and oxygen atoms in total. The van der Waals surface area contributed by atoms with Gasteiger partial charge in [0.25, 0.3) is 0 Å². The first-order valence-electron chi connectivity index (χ1n) is 14.1. The highest BCUT2D eigenvalue weighted by Gasteiger charge is 2.15. The predicted octanol–water partition coefficient (Wildman–Crippen LogP) is 9.35. The number of ether oxygens (including phenoxy) is 1. The molecule has 0 saturated carbocycles. The molecule has 0 saturated heterocycles. The number of nitrogens with one attached hydrogen (secondary N) is 1. The van der Waals surface area contributed by atoms with Gasteiger partial charge < -0.3 is 15.8 Å². The summed E-state index contributed by atoms with van der Waals surface area (Å²) in [4.78, 5) is 15.5. The monoisotopic (exact) mass is 566 g/mol. The molecule has 2 aromatic carbocycles. The lowest BCUT2D eigenvalue weighted by molar-refractivity contribution is -0.119. The number of carbonyl (C=O) groups is 1. The molecule has 0 aliphatic carbocycles. The van der Waals surface area contributed by atoms with Gasteiger partial charge in [-0.25, -0.2) is 0 Å². The third-order valence-corrected chi connectivity index (χ3v) is 8.87. The fraction of sp³-hybridized carbons (Fsp3) is 0.424. The van der Waals surface area contributed by atoms with Crippen LogP contribution < -0.4 is 15.8 Å². The summed E-state index contributed by atoms with van der Waals surface area (Å²) in [5, 5.41) is 4.95. The summed E-state index contributed by atoms with van der Waals surface area (Å²) in [5.41, 5.74) is 11.9. The van der Waals surface area contributed by atoms with Crippen LogP contribution in [0.25, 0.3) is 4.91 Å². The van der Waals surface area contributed by atoms with Crippen LogP contribution in [-0.2, 0) is 11.2 Å². The molecule has 0 aliphatic rings. The summed E-state index contributed by atoms with van der Waals surface area (Å²) in [7, 11) is 0. The third-order valence-electron chi connectivity index (χ3n) is 6.36. The van der Waals surface area contributed by atoms with E-state index in [2.05, 4.69) is 84.1 Å². The van der Waals surface area contributed by atoms with Crippen molar-refractivity contribution >= 4 is 34.3 Å². The molecule has 0 atom stereocenters. The van der Waals surface area contributed by atoms with Crippen molar-refractivity contribution in [3.05, 3.63) is 86.4 Å². The molecule has 1 amide bonds. The second kappa shape index (κ2) is 17.2. The number of rotatable bonds is 15. The summed E-state index contributed by atoms with van der Waals surface area (Å²) in [5.74, 6) is 0.863. The topological polar surface area (TPSA) is 64.4 Å². The number of nitrogens with two attached hydrogens (primary N) is 1. The molecular formula is C33H46N2O2S2. The highest BCUT2D eigenvalue weighted by atomic mass is 32.2. The number of hydrogen-bond donors (Lipinski definition) is 2. The summed E-state index contributed by atoms with van der Waals surface area (Å²) in [6.45, 7) is 15.6. The zero-order valence-electron chi connectivity index (χ0n) is 24.8. The van der Waals surface area contributed by atoms with E-state index in [0.717, 1.165) is 75.1 Å². The Morgan fingerprint density at radius 3 is 2.28 bits per heavy atom. The van der Waals surface area contributed by atoms with E-state index in [-0.39, 0.29) is 5.91 Å². The third kappa shape index (κ3) is 10.8. The zero-order valence-corrected chi connectivity index (χ0v) is 26.4. The van der Waals surface area contributed by atoms with Crippen LogP contribution in [0.3, 0.4) is 0 Å². The van der Waals surface area contributed by atoms with Crippen LogP contribution >= 0.6 is 23.5 Å². The first kappa shape index (κ1) is 32.6. The van der Waals surface area contributed by atoms with Gasteiger partial charge in [0.05, 0.1) is 23.1 Å². The maximum absolute atomic E-state index is 13.3. The molecule has 0 aromatic heterocycles. The first-order valence-corrected chi connectivity index (χ1v) is 15.7. The van der Waals surface area contributed by atoms with E-state index in [4.69, 9.17) is 10.5 Å². The second-order valence-corrected chi connectivity index (χ2v) is 11.9. The molecule has 0 heterocycles. The van der Waals surface area contributed by atoms with Gasteiger partial charge in [-0.3, -0.25) is 4.79 Å². The second-order valence-electron chi connectivity index (χ2n) is 9.72. The van der Waals surface area contributed by atoms with Gasteiger partial charge in [-0.15, -0.1) is 0 Å². The molecule has 0 fully saturated rings.